The number of halogens is 4. The van der Waals surface area contributed by atoms with Gasteiger partial charge in [0.25, 0.3) is 0 Å². The maximum absolute atomic E-state index is 13.3. The van der Waals surface area contributed by atoms with Crippen LogP contribution in [0.25, 0.3) is 11.8 Å². The number of allylic oxidation sites excluding steroid dienone is 1. The fourth-order valence-electron chi connectivity index (χ4n) is 4.93. The molecule has 1 aromatic heterocycles. The Morgan fingerprint density at radius 2 is 2.00 bits per heavy atom. The molecule has 0 radical (unpaired) electrons. The summed E-state index contributed by atoms with van der Waals surface area (Å²) in [5.74, 6) is -0.875. The molecule has 0 aliphatic heterocycles. The third-order valence-corrected chi connectivity index (χ3v) is 6.69. The van der Waals surface area contributed by atoms with Gasteiger partial charge in [-0.3, -0.25) is 4.79 Å². The van der Waals surface area contributed by atoms with Gasteiger partial charge in [0.1, 0.15) is 5.82 Å². The Morgan fingerprint density at radius 3 is 2.65 bits per heavy atom. The molecule has 0 saturated heterocycles. The van der Waals surface area contributed by atoms with Crippen molar-refractivity contribution in [1.29, 1.82) is 0 Å². The van der Waals surface area contributed by atoms with Gasteiger partial charge in [-0.25, -0.2) is 9.07 Å². The van der Waals surface area contributed by atoms with Crippen LogP contribution in [-0.2, 0) is 11.2 Å². The number of fused-ring (bicyclic) bond motifs is 2. The molecule has 2 aliphatic rings. The molecule has 4 nitrogen and oxygen atoms in total. The molecule has 2 atom stereocenters. The summed E-state index contributed by atoms with van der Waals surface area (Å²) in [4.78, 5) is 14.5. The van der Waals surface area contributed by atoms with E-state index in [1.165, 1.54) is 17.0 Å². The smallest absolute Gasteiger partial charge is 0.342 e. The molecule has 2 aromatic rings. The van der Waals surface area contributed by atoms with E-state index in [1.807, 2.05) is 6.92 Å². The second-order valence-corrected chi connectivity index (χ2v) is 8.58. The van der Waals surface area contributed by atoms with E-state index in [-0.39, 0.29) is 30.7 Å². The summed E-state index contributed by atoms with van der Waals surface area (Å²) in [7, 11) is 0. The Hall–Kier alpha value is -2.64. The highest BCUT2D eigenvalue weighted by Gasteiger charge is 2.49. The number of nitrogens with zero attached hydrogens (tertiary/aromatic N) is 3. The van der Waals surface area contributed by atoms with Gasteiger partial charge >= 0.3 is 6.18 Å². The highest BCUT2D eigenvalue weighted by molar-refractivity contribution is 5.82. The maximum atomic E-state index is 13.3. The molecule has 0 unspecified atom stereocenters. The molecular weight excluding hydrogens is 410 g/mol. The van der Waals surface area contributed by atoms with Crippen LogP contribution in [-0.4, -0.2) is 39.9 Å². The average Bonchev–Trinajstić information content (AvgIpc) is 3.25. The van der Waals surface area contributed by atoms with Crippen LogP contribution in [0.15, 0.2) is 36.0 Å². The molecule has 4 rings (SSSR count). The number of aromatic nitrogens is 2. The first-order valence-electron chi connectivity index (χ1n) is 10.5. The SMILES string of the molecule is CCN(CCC(F)(F)F)C(=O)[C@H]1CCC2=Cc3c(cnn3-c3ccc(F)cc3)C[C@@]21C. The van der Waals surface area contributed by atoms with Crippen molar-refractivity contribution in [2.45, 2.75) is 45.7 Å². The van der Waals surface area contributed by atoms with Crippen molar-refractivity contribution >= 4 is 12.0 Å². The number of rotatable bonds is 5. The largest absolute Gasteiger partial charge is 0.390 e. The number of hydrogen-bond donors (Lipinski definition) is 0. The summed E-state index contributed by atoms with van der Waals surface area (Å²) in [5, 5.41) is 4.46. The van der Waals surface area contributed by atoms with E-state index in [4.69, 9.17) is 0 Å². The molecule has 1 fully saturated rings. The van der Waals surface area contributed by atoms with E-state index < -0.39 is 18.0 Å². The molecule has 166 valence electrons. The van der Waals surface area contributed by atoms with E-state index in [0.717, 1.165) is 28.9 Å². The number of amides is 1. The normalized spacial score (nSPS) is 22.6. The Balaban J connectivity index is 1.59. The Morgan fingerprint density at radius 1 is 1.29 bits per heavy atom. The van der Waals surface area contributed by atoms with Crippen molar-refractivity contribution < 1.29 is 22.4 Å². The van der Waals surface area contributed by atoms with Gasteiger partial charge in [-0.05, 0) is 62.1 Å². The first kappa shape index (κ1) is 21.6. The minimum Gasteiger partial charge on any atom is -0.342 e. The first-order chi connectivity index (χ1) is 14.6. The van der Waals surface area contributed by atoms with Crippen LogP contribution in [0.1, 0.15) is 44.4 Å². The zero-order valence-corrected chi connectivity index (χ0v) is 17.5. The summed E-state index contributed by atoms with van der Waals surface area (Å²) in [6.45, 7) is 3.70. The molecule has 1 amide bonds. The van der Waals surface area contributed by atoms with Crippen LogP contribution in [0.3, 0.4) is 0 Å². The van der Waals surface area contributed by atoms with Crippen molar-refractivity contribution in [3.05, 3.63) is 53.1 Å². The first-order valence-corrected chi connectivity index (χ1v) is 10.5. The standard InChI is InChI=1S/C23H25F4N3O/c1-3-29(11-10-23(25,26)27)21(31)19-9-4-16-12-20-15(13-22(16,19)2)14-28-30(20)18-7-5-17(24)6-8-18/h5-8,12,14,19H,3-4,9-11,13H2,1-2H3/t19-,22+/m1/s1. The summed E-state index contributed by atoms with van der Waals surface area (Å²) < 4.78 is 53.1. The predicted octanol–water partition coefficient (Wildman–Crippen LogP) is 5.17. The van der Waals surface area contributed by atoms with E-state index in [2.05, 4.69) is 11.2 Å². The molecular formula is C23H25F4N3O. The highest BCUT2D eigenvalue weighted by Crippen LogP contribution is 2.53. The number of alkyl halides is 3. The number of carbonyl (C=O) groups is 1. The lowest BCUT2D eigenvalue weighted by Crippen LogP contribution is -2.43. The molecule has 0 bridgehead atoms. The molecule has 2 aliphatic carbocycles. The summed E-state index contributed by atoms with van der Waals surface area (Å²) >= 11 is 0. The summed E-state index contributed by atoms with van der Waals surface area (Å²) in [5.41, 5.74) is 3.32. The average molecular weight is 435 g/mol. The summed E-state index contributed by atoms with van der Waals surface area (Å²) in [6.07, 6.45) is 0.478. The quantitative estimate of drug-likeness (QED) is 0.608. The Kier molecular flexibility index (Phi) is 5.43. The predicted molar refractivity (Wildman–Crippen MR) is 109 cm³/mol. The van der Waals surface area contributed by atoms with E-state index >= 15 is 0 Å². The van der Waals surface area contributed by atoms with Crippen LogP contribution in [0.5, 0.6) is 0 Å². The van der Waals surface area contributed by atoms with Gasteiger partial charge in [0.15, 0.2) is 0 Å². The van der Waals surface area contributed by atoms with Gasteiger partial charge in [-0.1, -0.05) is 12.5 Å². The second kappa shape index (κ2) is 7.80. The number of benzene rings is 1. The van der Waals surface area contributed by atoms with Crippen LogP contribution in [0, 0.1) is 17.2 Å². The van der Waals surface area contributed by atoms with Crippen LogP contribution in [0.4, 0.5) is 17.6 Å². The van der Waals surface area contributed by atoms with Crippen LogP contribution < -0.4 is 0 Å². The molecule has 1 saturated carbocycles. The zero-order chi connectivity index (χ0) is 22.4. The van der Waals surface area contributed by atoms with Crippen molar-refractivity contribution in [3.63, 3.8) is 0 Å². The van der Waals surface area contributed by atoms with Gasteiger partial charge in [-0.2, -0.15) is 18.3 Å². The maximum Gasteiger partial charge on any atom is 0.390 e. The molecule has 0 spiro atoms. The topological polar surface area (TPSA) is 38.1 Å². The number of carbonyl (C=O) groups excluding carboxylic acids is 1. The monoisotopic (exact) mass is 435 g/mol. The fourth-order valence-corrected chi connectivity index (χ4v) is 4.93. The molecule has 1 aromatic carbocycles. The van der Waals surface area contributed by atoms with Gasteiger partial charge in [0.2, 0.25) is 5.91 Å². The highest BCUT2D eigenvalue weighted by atomic mass is 19.4. The fraction of sp³-hybridized carbons (Fsp3) is 0.478. The lowest BCUT2D eigenvalue weighted by atomic mass is 9.69. The Bertz CT molecular complexity index is 1010. The molecule has 31 heavy (non-hydrogen) atoms. The van der Waals surface area contributed by atoms with Gasteiger partial charge < -0.3 is 4.90 Å². The van der Waals surface area contributed by atoms with Crippen molar-refractivity contribution in [3.8, 4) is 5.69 Å². The van der Waals surface area contributed by atoms with Gasteiger partial charge in [0, 0.05) is 24.4 Å². The lowest BCUT2D eigenvalue weighted by molar-refractivity contribution is -0.148. The van der Waals surface area contributed by atoms with Crippen LogP contribution >= 0.6 is 0 Å². The van der Waals surface area contributed by atoms with Crippen LogP contribution in [0.2, 0.25) is 0 Å². The van der Waals surface area contributed by atoms with Gasteiger partial charge in [0.05, 0.1) is 24.0 Å². The van der Waals surface area contributed by atoms with E-state index in [1.54, 1.807) is 29.9 Å². The lowest BCUT2D eigenvalue weighted by Gasteiger charge is -2.37. The Labute approximate surface area is 178 Å². The second-order valence-electron chi connectivity index (χ2n) is 8.58. The molecule has 8 heteroatoms. The van der Waals surface area contributed by atoms with Crippen molar-refractivity contribution in [2.24, 2.45) is 11.3 Å². The zero-order valence-electron chi connectivity index (χ0n) is 17.5. The molecule has 1 heterocycles. The third-order valence-electron chi connectivity index (χ3n) is 6.69. The van der Waals surface area contributed by atoms with E-state index in [0.29, 0.717) is 12.8 Å². The summed E-state index contributed by atoms with van der Waals surface area (Å²) in [6, 6.07) is 6.09. The van der Waals surface area contributed by atoms with E-state index in [9.17, 15) is 22.4 Å². The van der Waals surface area contributed by atoms with Crippen molar-refractivity contribution in [2.75, 3.05) is 13.1 Å². The van der Waals surface area contributed by atoms with Crippen molar-refractivity contribution in [1.82, 2.24) is 14.7 Å². The minimum atomic E-state index is -4.28. The third kappa shape index (κ3) is 4.00. The molecule has 0 N–H and O–H groups in total. The minimum absolute atomic E-state index is 0.202. The number of hydrogen-bond acceptors (Lipinski definition) is 2. The van der Waals surface area contributed by atoms with Gasteiger partial charge in [-0.15, -0.1) is 0 Å².